The van der Waals surface area contributed by atoms with Gasteiger partial charge < -0.3 is 9.73 Å². The van der Waals surface area contributed by atoms with Crippen LogP contribution < -0.4 is 5.32 Å². The predicted molar refractivity (Wildman–Crippen MR) is 96.2 cm³/mol. The average molecular weight is 370 g/mol. The smallest absolute Gasteiger partial charge is 0.287 e. The second kappa shape index (κ2) is 7.53. The normalized spacial score (nSPS) is 12.5. The highest BCUT2D eigenvalue weighted by atomic mass is 32.2. The Morgan fingerprint density at radius 3 is 2.50 bits per heavy atom. The molecule has 6 nitrogen and oxygen atoms in total. The molecular formula is C19H18N2O4S. The minimum atomic E-state index is -3.57. The summed E-state index contributed by atoms with van der Waals surface area (Å²) in [6.45, 7) is 1.83. The molecule has 0 fully saturated rings. The average Bonchev–Trinajstić information content (AvgIpc) is 3.10. The van der Waals surface area contributed by atoms with Gasteiger partial charge in [0, 0.05) is 18.0 Å². The molecule has 0 aliphatic heterocycles. The number of rotatable bonds is 6. The predicted octanol–water partition coefficient (Wildman–Crippen LogP) is 3.14. The van der Waals surface area contributed by atoms with Crippen LogP contribution in [0.15, 0.2) is 76.5 Å². The van der Waals surface area contributed by atoms with E-state index in [1.807, 2.05) is 6.92 Å². The number of furan rings is 1. The summed E-state index contributed by atoms with van der Waals surface area (Å²) in [6.07, 6.45) is 4.60. The summed E-state index contributed by atoms with van der Waals surface area (Å²) in [5.41, 5.74) is 1.21. The summed E-state index contributed by atoms with van der Waals surface area (Å²) in [5, 5.41) is 2.81. The molecule has 1 N–H and O–H groups in total. The number of benzene rings is 1. The highest BCUT2D eigenvalue weighted by Gasteiger charge is 2.23. The van der Waals surface area contributed by atoms with Crippen LogP contribution in [0.1, 0.15) is 34.6 Å². The van der Waals surface area contributed by atoms with Crippen LogP contribution in [0.3, 0.4) is 0 Å². The molecule has 1 atom stereocenters. The van der Waals surface area contributed by atoms with Crippen LogP contribution in [0.5, 0.6) is 0 Å². The van der Waals surface area contributed by atoms with Crippen molar-refractivity contribution in [3.63, 3.8) is 0 Å². The lowest BCUT2D eigenvalue weighted by atomic mass is 10.1. The van der Waals surface area contributed by atoms with E-state index in [4.69, 9.17) is 4.42 Å². The van der Waals surface area contributed by atoms with Crippen molar-refractivity contribution < 1.29 is 17.6 Å². The van der Waals surface area contributed by atoms with Gasteiger partial charge in [-0.15, -0.1) is 0 Å². The summed E-state index contributed by atoms with van der Waals surface area (Å²) in [6, 6.07) is 13.0. The number of sulfone groups is 1. The zero-order valence-corrected chi connectivity index (χ0v) is 14.9. The third-order valence-electron chi connectivity index (χ3n) is 3.95. The molecule has 1 unspecified atom stereocenters. The van der Waals surface area contributed by atoms with Crippen molar-refractivity contribution in [2.75, 3.05) is 0 Å². The van der Waals surface area contributed by atoms with E-state index in [2.05, 4.69) is 10.3 Å². The molecule has 3 aromatic rings. The maximum absolute atomic E-state index is 12.5. The first kappa shape index (κ1) is 17.9. The van der Waals surface area contributed by atoms with E-state index in [-0.39, 0.29) is 22.5 Å². The molecule has 0 saturated heterocycles. The number of nitrogens with one attached hydrogen (secondary N) is 1. The third kappa shape index (κ3) is 4.00. The van der Waals surface area contributed by atoms with Gasteiger partial charge in [-0.3, -0.25) is 9.78 Å². The Morgan fingerprint density at radius 1 is 1.12 bits per heavy atom. The van der Waals surface area contributed by atoms with Crippen molar-refractivity contribution in [2.24, 2.45) is 0 Å². The van der Waals surface area contributed by atoms with Gasteiger partial charge in [-0.25, -0.2) is 8.42 Å². The minimum absolute atomic E-state index is 0.00501. The maximum atomic E-state index is 12.5. The van der Waals surface area contributed by atoms with Crippen LogP contribution >= 0.6 is 0 Å². The second-order valence-electron chi connectivity index (χ2n) is 5.82. The van der Waals surface area contributed by atoms with Gasteiger partial charge in [-0.2, -0.15) is 0 Å². The Labute approximate surface area is 151 Å². The molecule has 7 heteroatoms. The molecule has 0 aliphatic carbocycles. The van der Waals surface area contributed by atoms with Gasteiger partial charge in [0.15, 0.2) is 15.6 Å². The Bertz CT molecular complexity index is 983. The fourth-order valence-corrected chi connectivity index (χ4v) is 3.94. The molecular weight excluding hydrogens is 352 g/mol. The van der Waals surface area contributed by atoms with Crippen molar-refractivity contribution in [2.45, 2.75) is 23.6 Å². The SMILES string of the molecule is CC(NC(=O)c1occc1CS(=O)(=O)c1ccccc1)c1ccncc1. The van der Waals surface area contributed by atoms with E-state index < -0.39 is 15.7 Å². The van der Waals surface area contributed by atoms with Crippen molar-refractivity contribution in [3.05, 3.63) is 84.1 Å². The Kier molecular flexibility index (Phi) is 5.18. The van der Waals surface area contributed by atoms with Crippen molar-refractivity contribution in [3.8, 4) is 0 Å². The summed E-state index contributed by atoms with van der Waals surface area (Å²) in [7, 11) is -3.57. The number of hydrogen-bond donors (Lipinski definition) is 1. The molecule has 0 saturated carbocycles. The maximum Gasteiger partial charge on any atom is 0.287 e. The number of nitrogens with zero attached hydrogens (tertiary/aromatic N) is 1. The van der Waals surface area contributed by atoms with E-state index in [0.717, 1.165) is 5.56 Å². The van der Waals surface area contributed by atoms with E-state index in [1.54, 1.807) is 42.7 Å². The summed E-state index contributed by atoms with van der Waals surface area (Å²) in [4.78, 5) is 16.7. The Morgan fingerprint density at radius 2 is 1.81 bits per heavy atom. The van der Waals surface area contributed by atoms with Gasteiger partial charge in [0.25, 0.3) is 5.91 Å². The highest BCUT2D eigenvalue weighted by Crippen LogP contribution is 2.21. The minimum Gasteiger partial charge on any atom is -0.459 e. The zero-order valence-electron chi connectivity index (χ0n) is 14.1. The van der Waals surface area contributed by atoms with Crippen molar-refractivity contribution >= 4 is 15.7 Å². The number of hydrogen-bond acceptors (Lipinski definition) is 5. The molecule has 2 heterocycles. The first-order valence-corrected chi connectivity index (χ1v) is 9.67. The van der Waals surface area contributed by atoms with Gasteiger partial charge in [-0.05, 0) is 42.8 Å². The lowest BCUT2D eigenvalue weighted by Gasteiger charge is -2.13. The van der Waals surface area contributed by atoms with Crippen molar-refractivity contribution in [1.29, 1.82) is 0 Å². The molecule has 2 aromatic heterocycles. The molecule has 1 aromatic carbocycles. The molecule has 0 radical (unpaired) electrons. The Hall–Kier alpha value is -2.93. The summed E-state index contributed by atoms with van der Waals surface area (Å²) in [5.74, 6) is -0.761. The monoisotopic (exact) mass is 370 g/mol. The number of carbonyl (C=O) groups excluding carboxylic acids is 1. The fraction of sp³-hybridized carbons (Fsp3) is 0.158. The van der Waals surface area contributed by atoms with Gasteiger partial charge in [0.05, 0.1) is 23.0 Å². The molecule has 1 amide bonds. The largest absolute Gasteiger partial charge is 0.459 e. The topological polar surface area (TPSA) is 89.3 Å². The lowest BCUT2D eigenvalue weighted by molar-refractivity contribution is 0.0911. The van der Waals surface area contributed by atoms with Crippen LogP contribution in [-0.4, -0.2) is 19.3 Å². The molecule has 0 aliphatic rings. The van der Waals surface area contributed by atoms with E-state index in [0.29, 0.717) is 5.56 Å². The third-order valence-corrected chi connectivity index (χ3v) is 5.64. The van der Waals surface area contributed by atoms with Gasteiger partial charge >= 0.3 is 0 Å². The van der Waals surface area contributed by atoms with Gasteiger partial charge in [-0.1, -0.05) is 18.2 Å². The first-order chi connectivity index (χ1) is 12.5. The van der Waals surface area contributed by atoms with Crippen LogP contribution in [-0.2, 0) is 15.6 Å². The van der Waals surface area contributed by atoms with Crippen LogP contribution in [0, 0.1) is 0 Å². The second-order valence-corrected chi connectivity index (χ2v) is 7.81. The fourth-order valence-electron chi connectivity index (χ4n) is 2.56. The standard InChI is InChI=1S/C19H18N2O4S/c1-14(15-7-10-20-11-8-15)21-19(22)18-16(9-12-25-18)13-26(23,24)17-5-3-2-4-6-17/h2-12,14H,13H2,1H3,(H,21,22). The van der Waals surface area contributed by atoms with Crippen LogP contribution in [0.25, 0.3) is 0 Å². The van der Waals surface area contributed by atoms with Crippen LogP contribution in [0.2, 0.25) is 0 Å². The molecule has 26 heavy (non-hydrogen) atoms. The zero-order chi connectivity index (χ0) is 18.6. The molecule has 0 spiro atoms. The molecule has 3 rings (SSSR count). The lowest BCUT2D eigenvalue weighted by Crippen LogP contribution is -2.27. The number of amides is 1. The van der Waals surface area contributed by atoms with E-state index >= 15 is 0 Å². The quantitative estimate of drug-likeness (QED) is 0.720. The molecule has 0 bridgehead atoms. The van der Waals surface area contributed by atoms with Gasteiger partial charge in [0.1, 0.15) is 0 Å². The number of aromatic nitrogens is 1. The number of carbonyl (C=O) groups is 1. The van der Waals surface area contributed by atoms with Gasteiger partial charge in [0.2, 0.25) is 0 Å². The van der Waals surface area contributed by atoms with Crippen molar-refractivity contribution in [1.82, 2.24) is 10.3 Å². The summed E-state index contributed by atoms with van der Waals surface area (Å²) < 4.78 is 30.3. The van der Waals surface area contributed by atoms with E-state index in [1.165, 1.54) is 24.5 Å². The summed E-state index contributed by atoms with van der Waals surface area (Å²) >= 11 is 0. The first-order valence-electron chi connectivity index (χ1n) is 8.02. The van der Waals surface area contributed by atoms with E-state index in [9.17, 15) is 13.2 Å². The Balaban J connectivity index is 1.77. The van der Waals surface area contributed by atoms with Crippen LogP contribution in [0.4, 0.5) is 0 Å². The highest BCUT2D eigenvalue weighted by molar-refractivity contribution is 7.90. The molecule has 134 valence electrons. The number of pyridine rings is 1.